The summed E-state index contributed by atoms with van der Waals surface area (Å²) in [7, 11) is 0. The fourth-order valence-electron chi connectivity index (χ4n) is 4.18. The molecule has 1 heterocycles. The van der Waals surface area contributed by atoms with Gasteiger partial charge < -0.3 is 14.5 Å². The normalized spacial score (nSPS) is 11.1. The van der Waals surface area contributed by atoms with Crippen molar-refractivity contribution in [2.24, 2.45) is 5.10 Å². The lowest BCUT2D eigenvalue weighted by Gasteiger charge is -2.11. The van der Waals surface area contributed by atoms with Gasteiger partial charge in [-0.15, -0.1) is 0 Å². The zero-order valence-electron chi connectivity index (χ0n) is 21.3. The Morgan fingerprint density at radius 2 is 1.75 bits per heavy atom. The number of hydrogen-bond acceptors (Lipinski definition) is 5. The lowest BCUT2D eigenvalue weighted by Crippen LogP contribution is -2.18. The van der Waals surface area contributed by atoms with E-state index in [4.69, 9.17) is 21.1 Å². The molecular formula is C31H23BrClN3O4. The first kappa shape index (κ1) is 27.2. The number of ether oxygens (including phenoxy) is 2. The number of nitrogens with one attached hydrogen (secondary N) is 2. The molecule has 200 valence electrons. The maximum Gasteiger partial charge on any atom is 0.343 e. The van der Waals surface area contributed by atoms with Crippen LogP contribution in [0, 0.1) is 0 Å². The van der Waals surface area contributed by atoms with Gasteiger partial charge in [0.05, 0.1) is 23.9 Å². The van der Waals surface area contributed by atoms with Gasteiger partial charge in [0.25, 0.3) is 5.91 Å². The highest BCUT2D eigenvalue weighted by Crippen LogP contribution is 2.35. The van der Waals surface area contributed by atoms with E-state index < -0.39 is 11.9 Å². The van der Waals surface area contributed by atoms with E-state index in [1.807, 2.05) is 55.5 Å². The summed E-state index contributed by atoms with van der Waals surface area (Å²) in [5.41, 5.74) is 6.52. The number of aromatic nitrogens is 1. The molecule has 0 bridgehead atoms. The first-order chi connectivity index (χ1) is 19.4. The number of hydrogen-bond donors (Lipinski definition) is 2. The fourth-order valence-corrected chi connectivity index (χ4v) is 4.77. The number of rotatable bonds is 8. The molecule has 0 fully saturated rings. The molecule has 4 aromatic carbocycles. The van der Waals surface area contributed by atoms with Crippen LogP contribution in [-0.4, -0.2) is 29.7 Å². The molecule has 0 aliphatic rings. The molecule has 40 heavy (non-hydrogen) atoms. The summed E-state index contributed by atoms with van der Waals surface area (Å²) in [4.78, 5) is 29.1. The van der Waals surface area contributed by atoms with Crippen LogP contribution in [0.5, 0.6) is 11.5 Å². The third-order valence-electron chi connectivity index (χ3n) is 6.00. The summed E-state index contributed by atoms with van der Waals surface area (Å²) in [6.07, 6.45) is 1.49. The molecule has 5 rings (SSSR count). The van der Waals surface area contributed by atoms with E-state index in [1.54, 1.807) is 42.5 Å². The Labute approximate surface area is 243 Å². The van der Waals surface area contributed by atoms with Crippen LogP contribution in [0.1, 0.15) is 33.3 Å². The van der Waals surface area contributed by atoms with Crippen LogP contribution in [0.3, 0.4) is 0 Å². The lowest BCUT2D eigenvalue weighted by molar-refractivity contribution is 0.0728. The second-order valence-electron chi connectivity index (χ2n) is 8.64. The molecule has 2 N–H and O–H groups in total. The lowest BCUT2D eigenvalue weighted by atomic mass is 10.0. The largest absolute Gasteiger partial charge is 0.490 e. The van der Waals surface area contributed by atoms with Gasteiger partial charge in [0.2, 0.25) is 0 Å². The average Bonchev–Trinajstić information content (AvgIpc) is 3.36. The number of halogens is 2. The zero-order chi connectivity index (χ0) is 28.1. The molecule has 0 spiro atoms. The van der Waals surface area contributed by atoms with Crippen molar-refractivity contribution < 1.29 is 19.1 Å². The molecule has 0 unspecified atom stereocenters. The van der Waals surface area contributed by atoms with Gasteiger partial charge in [0.15, 0.2) is 11.5 Å². The summed E-state index contributed by atoms with van der Waals surface area (Å²) in [5, 5.41) is 5.60. The van der Waals surface area contributed by atoms with Crippen LogP contribution in [0.25, 0.3) is 22.0 Å². The van der Waals surface area contributed by atoms with Crippen molar-refractivity contribution >= 4 is 56.5 Å². The number of fused-ring (bicyclic) bond motifs is 1. The van der Waals surface area contributed by atoms with Crippen LogP contribution < -0.4 is 14.9 Å². The third-order valence-corrected chi connectivity index (χ3v) is 6.92. The zero-order valence-corrected chi connectivity index (χ0v) is 23.6. The van der Waals surface area contributed by atoms with Gasteiger partial charge in [-0.3, -0.25) is 4.79 Å². The number of hydrazone groups is 1. The van der Waals surface area contributed by atoms with Crippen LogP contribution in [0.4, 0.5) is 0 Å². The fraction of sp³-hybridized carbons (Fsp3) is 0.0645. The van der Waals surface area contributed by atoms with Crippen LogP contribution in [-0.2, 0) is 0 Å². The van der Waals surface area contributed by atoms with Crippen molar-refractivity contribution in [3.8, 4) is 22.6 Å². The second-order valence-corrected chi connectivity index (χ2v) is 9.93. The Morgan fingerprint density at radius 3 is 2.50 bits per heavy atom. The molecule has 0 aliphatic heterocycles. The number of carbonyl (C=O) groups excluding carboxylic acids is 2. The van der Waals surface area contributed by atoms with Gasteiger partial charge in [0, 0.05) is 20.4 Å². The van der Waals surface area contributed by atoms with E-state index in [0.717, 1.165) is 26.5 Å². The predicted octanol–water partition coefficient (Wildman–Crippen LogP) is 7.63. The number of aromatic amines is 1. The number of esters is 1. The SMILES string of the molecule is CCOc1cc(C=NNC(=O)c2[nH]c3c(Br)cccc3c2-c2ccccc2)ccc1OC(=O)c1ccc(Cl)cc1. The Kier molecular flexibility index (Phi) is 8.28. The van der Waals surface area contributed by atoms with Crippen molar-refractivity contribution in [1.29, 1.82) is 0 Å². The highest BCUT2D eigenvalue weighted by molar-refractivity contribution is 9.10. The molecule has 1 amide bonds. The first-order valence-electron chi connectivity index (χ1n) is 12.4. The monoisotopic (exact) mass is 615 g/mol. The van der Waals surface area contributed by atoms with Gasteiger partial charge in [0.1, 0.15) is 5.69 Å². The van der Waals surface area contributed by atoms with E-state index in [9.17, 15) is 9.59 Å². The minimum atomic E-state index is -0.537. The van der Waals surface area contributed by atoms with Crippen molar-refractivity contribution in [3.05, 3.63) is 117 Å². The molecule has 0 atom stereocenters. The van der Waals surface area contributed by atoms with Crippen molar-refractivity contribution in [1.82, 2.24) is 10.4 Å². The van der Waals surface area contributed by atoms with E-state index in [2.05, 4.69) is 31.4 Å². The number of H-pyrrole nitrogens is 1. The Hall–Kier alpha value is -4.40. The highest BCUT2D eigenvalue weighted by Gasteiger charge is 2.20. The van der Waals surface area contributed by atoms with E-state index in [1.165, 1.54) is 6.21 Å². The molecule has 7 nitrogen and oxygen atoms in total. The minimum absolute atomic E-state index is 0.263. The van der Waals surface area contributed by atoms with Crippen LogP contribution in [0.15, 0.2) is 101 Å². The smallest absolute Gasteiger partial charge is 0.343 e. The van der Waals surface area contributed by atoms with Crippen molar-refractivity contribution in [2.75, 3.05) is 6.61 Å². The van der Waals surface area contributed by atoms with Crippen LogP contribution in [0.2, 0.25) is 5.02 Å². The van der Waals surface area contributed by atoms with Crippen LogP contribution >= 0.6 is 27.5 Å². The minimum Gasteiger partial charge on any atom is -0.490 e. The Balaban J connectivity index is 1.36. The van der Waals surface area contributed by atoms with Crippen molar-refractivity contribution in [2.45, 2.75) is 6.92 Å². The molecule has 0 radical (unpaired) electrons. The summed E-state index contributed by atoms with van der Waals surface area (Å²) in [6.45, 7) is 2.19. The van der Waals surface area contributed by atoms with Gasteiger partial charge in [-0.2, -0.15) is 5.10 Å². The third kappa shape index (κ3) is 5.93. The van der Waals surface area contributed by atoms with E-state index in [-0.39, 0.29) is 5.75 Å². The number of para-hydroxylation sites is 1. The standard InChI is InChI=1S/C31H23BrClN3O4/c1-2-39-26-17-19(11-16-25(26)40-31(38)21-12-14-22(33)15-13-21)18-34-36-30(37)29-27(20-7-4-3-5-8-20)23-9-6-10-24(32)28(23)35-29/h3-18,35H,2H2,1H3,(H,36,37). The molecule has 0 saturated carbocycles. The number of nitrogens with zero attached hydrogens (tertiary/aromatic N) is 1. The van der Waals surface area contributed by atoms with Gasteiger partial charge in [-0.05, 0) is 82.5 Å². The topological polar surface area (TPSA) is 92.8 Å². The molecule has 1 aromatic heterocycles. The summed E-state index contributed by atoms with van der Waals surface area (Å²) in [5.74, 6) is -0.298. The van der Waals surface area contributed by atoms with Gasteiger partial charge >= 0.3 is 5.97 Å². The molecule has 5 aromatic rings. The highest BCUT2D eigenvalue weighted by atomic mass is 79.9. The van der Waals surface area contributed by atoms with Gasteiger partial charge in [-0.25, -0.2) is 10.2 Å². The molecule has 0 saturated heterocycles. The summed E-state index contributed by atoms with van der Waals surface area (Å²) in [6, 6.07) is 26.9. The maximum absolute atomic E-state index is 13.2. The number of carbonyl (C=O) groups is 2. The number of amides is 1. The molecular weight excluding hydrogens is 594 g/mol. The maximum atomic E-state index is 13.2. The Bertz CT molecular complexity index is 1720. The second kappa shape index (κ2) is 12.2. The average molecular weight is 617 g/mol. The molecule has 9 heteroatoms. The summed E-state index contributed by atoms with van der Waals surface area (Å²) < 4.78 is 12.1. The van der Waals surface area contributed by atoms with Gasteiger partial charge in [-0.1, -0.05) is 54.1 Å². The number of benzene rings is 4. The molecule has 0 aliphatic carbocycles. The Morgan fingerprint density at radius 1 is 0.975 bits per heavy atom. The first-order valence-corrected chi connectivity index (χ1v) is 13.5. The summed E-state index contributed by atoms with van der Waals surface area (Å²) >= 11 is 9.47. The predicted molar refractivity (Wildman–Crippen MR) is 161 cm³/mol. The van der Waals surface area contributed by atoms with E-state index >= 15 is 0 Å². The quantitative estimate of drug-likeness (QED) is 0.0811. The van der Waals surface area contributed by atoms with E-state index in [0.29, 0.717) is 34.2 Å². The van der Waals surface area contributed by atoms with Crippen molar-refractivity contribution in [3.63, 3.8) is 0 Å².